The summed E-state index contributed by atoms with van der Waals surface area (Å²) in [5.74, 6) is 0.0779. The molecule has 0 saturated carbocycles. The van der Waals surface area contributed by atoms with Gasteiger partial charge in [0.05, 0.1) is 0 Å². The highest BCUT2D eigenvalue weighted by molar-refractivity contribution is 6.33. The molecule has 0 amide bonds. The maximum absolute atomic E-state index is 11.5. The third kappa shape index (κ3) is 4.20. The van der Waals surface area contributed by atoms with E-state index in [2.05, 4.69) is 0 Å². The predicted octanol–water partition coefficient (Wildman–Crippen LogP) is 2.84. The molecule has 0 saturated heterocycles. The van der Waals surface area contributed by atoms with E-state index in [-0.39, 0.29) is 11.8 Å². The van der Waals surface area contributed by atoms with Crippen LogP contribution in [0, 0.1) is 0 Å². The molecule has 1 rings (SSSR count). The molecule has 2 nitrogen and oxygen atoms in total. The van der Waals surface area contributed by atoms with Crippen molar-refractivity contribution in [1.29, 1.82) is 0 Å². The van der Waals surface area contributed by atoms with Crippen LogP contribution in [-0.2, 0) is 11.2 Å². The van der Waals surface area contributed by atoms with Gasteiger partial charge in [0.15, 0.2) is 0 Å². The lowest BCUT2D eigenvalue weighted by Gasteiger charge is -2.06. The van der Waals surface area contributed by atoms with Gasteiger partial charge in [-0.1, -0.05) is 23.2 Å². The number of ketones is 1. The van der Waals surface area contributed by atoms with Crippen LogP contribution in [0.3, 0.4) is 0 Å². The zero-order valence-electron chi connectivity index (χ0n) is 8.47. The van der Waals surface area contributed by atoms with Crippen molar-refractivity contribution in [2.24, 2.45) is 5.73 Å². The minimum Gasteiger partial charge on any atom is -0.328 e. The summed E-state index contributed by atoms with van der Waals surface area (Å²) in [6.07, 6.45) is 0.657. The Bertz CT molecular complexity index is 364. The summed E-state index contributed by atoms with van der Waals surface area (Å²) in [6.45, 7) is 1.80. The highest BCUT2D eigenvalue weighted by atomic mass is 35.5. The van der Waals surface area contributed by atoms with Gasteiger partial charge in [-0.3, -0.25) is 4.79 Å². The zero-order chi connectivity index (χ0) is 11.4. The molecule has 82 valence electrons. The minimum atomic E-state index is -0.115. The van der Waals surface area contributed by atoms with Gasteiger partial charge in [0.1, 0.15) is 5.78 Å². The van der Waals surface area contributed by atoms with Crippen molar-refractivity contribution in [1.82, 2.24) is 0 Å². The molecule has 1 aromatic rings. The second-order valence-corrected chi connectivity index (χ2v) is 4.48. The van der Waals surface area contributed by atoms with Crippen LogP contribution in [-0.4, -0.2) is 11.8 Å². The SMILES string of the molecule is CC(N)CC(=O)Cc1cc(Cl)ccc1Cl. The van der Waals surface area contributed by atoms with E-state index in [9.17, 15) is 4.79 Å². The van der Waals surface area contributed by atoms with E-state index in [1.807, 2.05) is 0 Å². The first kappa shape index (κ1) is 12.5. The molecule has 15 heavy (non-hydrogen) atoms. The maximum atomic E-state index is 11.5. The summed E-state index contributed by atoms with van der Waals surface area (Å²) in [5.41, 5.74) is 6.29. The third-order valence-corrected chi connectivity index (χ3v) is 2.55. The lowest BCUT2D eigenvalue weighted by Crippen LogP contribution is -2.20. The van der Waals surface area contributed by atoms with Gasteiger partial charge < -0.3 is 5.73 Å². The molecule has 0 aliphatic carbocycles. The standard InChI is InChI=1S/C11H13Cl2NO/c1-7(14)4-10(15)6-8-5-9(12)2-3-11(8)13/h2-3,5,7H,4,6,14H2,1H3. The quantitative estimate of drug-likeness (QED) is 0.887. The first-order chi connectivity index (χ1) is 6.99. The molecule has 0 aromatic heterocycles. The molecule has 0 heterocycles. The number of carbonyl (C=O) groups is 1. The topological polar surface area (TPSA) is 43.1 Å². The van der Waals surface area contributed by atoms with Crippen molar-refractivity contribution in [3.63, 3.8) is 0 Å². The highest BCUT2D eigenvalue weighted by Gasteiger charge is 2.09. The van der Waals surface area contributed by atoms with E-state index in [0.29, 0.717) is 22.9 Å². The van der Waals surface area contributed by atoms with Gasteiger partial charge in [-0.25, -0.2) is 0 Å². The summed E-state index contributed by atoms with van der Waals surface area (Å²) in [5, 5.41) is 1.15. The number of hydrogen-bond donors (Lipinski definition) is 1. The van der Waals surface area contributed by atoms with E-state index in [4.69, 9.17) is 28.9 Å². The smallest absolute Gasteiger partial charge is 0.138 e. The van der Waals surface area contributed by atoms with Crippen LogP contribution in [0.25, 0.3) is 0 Å². The lowest BCUT2D eigenvalue weighted by molar-refractivity contribution is -0.118. The molecule has 4 heteroatoms. The Balaban J connectivity index is 2.71. The third-order valence-electron chi connectivity index (χ3n) is 1.95. The van der Waals surface area contributed by atoms with Crippen molar-refractivity contribution < 1.29 is 4.79 Å². The fraction of sp³-hybridized carbons (Fsp3) is 0.364. The fourth-order valence-electron chi connectivity index (χ4n) is 1.32. The van der Waals surface area contributed by atoms with Gasteiger partial charge in [0.2, 0.25) is 0 Å². The Hall–Kier alpha value is -0.570. The number of carbonyl (C=O) groups excluding carboxylic acids is 1. The average molecular weight is 246 g/mol. The van der Waals surface area contributed by atoms with Crippen LogP contribution < -0.4 is 5.73 Å². The van der Waals surface area contributed by atoms with Gasteiger partial charge in [-0.05, 0) is 30.7 Å². The number of nitrogens with two attached hydrogens (primary N) is 1. The van der Waals surface area contributed by atoms with Crippen LogP contribution in [0.4, 0.5) is 0 Å². The molecule has 0 aliphatic heterocycles. The number of rotatable bonds is 4. The van der Waals surface area contributed by atoms with Gasteiger partial charge in [0, 0.05) is 28.9 Å². The first-order valence-electron chi connectivity index (χ1n) is 4.70. The zero-order valence-corrected chi connectivity index (χ0v) is 9.98. The van der Waals surface area contributed by atoms with Crippen molar-refractivity contribution in [2.75, 3.05) is 0 Å². The highest BCUT2D eigenvalue weighted by Crippen LogP contribution is 2.21. The van der Waals surface area contributed by atoms with Crippen LogP contribution in [0.5, 0.6) is 0 Å². The van der Waals surface area contributed by atoms with Crippen LogP contribution >= 0.6 is 23.2 Å². The van der Waals surface area contributed by atoms with Gasteiger partial charge >= 0.3 is 0 Å². The lowest BCUT2D eigenvalue weighted by atomic mass is 10.0. The van der Waals surface area contributed by atoms with E-state index in [1.54, 1.807) is 25.1 Å². The molecule has 1 atom stereocenters. The minimum absolute atomic E-state index is 0.0779. The molecule has 2 N–H and O–H groups in total. The van der Waals surface area contributed by atoms with E-state index >= 15 is 0 Å². The summed E-state index contributed by atoms with van der Waals surface area (Å²) in [6, 6.07) is 4.99. The molecule has 0 aliphatic rings. The Kier molecular flexibility index (Phi) is 4.58. The summed E-state index contributed by atoms with van der Waals surface area (Å²) in [4.78, 5) is 11.5. The largest absolute Gasteiger partial charge is 0.328 e. The van der Waals surface area contributed by atoms with Crippen molar-refractivity contribution in [3.8, 4) is 0 Å². The summed E-state index contributed by atoms with van der Waals surface area (Å²) < 4.78 is 0. The molecule has 0 spiro atoms. The number of Topliss-reactive ketones (excluding diaryl/α,β-unsaturated/α-hetero) is 1. The number of halogens is 2. The Morgan fingerprint density at radius 2 is 2.13 bits per heavy atom. The summed E-state index contributed by atoms with van der Waals surface area (Å²) >= 11 is 11.7. The Morgan fingerprint density at radius 1 is 1.47 bits per heavy atom. The van der Waals surface area contributed by atoms with Crippen LogP contribution in [0.1, 0.15) is 18.9 Å². The molecule has 0 fully saturated rings. The first-order valence-corrected chi connectivity index (χ1v) is 5.46. The van der Waals surface area contributed by atoms with Gasteiger partial charge in [-0.2, -0.15) is 0 Å². The van der Waals surface area contributed by atoms with Crippen LogP contribution in [0.15, 0.2) is 18.2 Å². The monoisotopic (exact) mass is 245 g/mol. The van der Waals surface area contributed by atoms with E-state index < -0.39 is 0 Å². The molecule has 0 radical (unpaired) electrons. The van der Waals surface area contributed by atoms with Crippen molar-refractivity contribution >= 4 is 29.0 Å². The molecule has 1 aromatic carbocycles. The van der Waals surface area contributed by atoms with E-state index in [0.717, 1.165) is 5.56 Å². The van der Waals surface area contributed by atoms with Gasteiger partial charge in [0.25, 0.3) is 0 Å². The maximum Gasteiger partial charge on any atom is 0.138 e. The second-order valence-electron chi connectivity index (χ2n) is 3.63. The molecule has 1 unspecified atom stereocenters. The molecular weight excluding hydrogens is 233 g/mol. The second kappa shape index (κ2) is 5.50. The van der Waals surface area contributed by atoms with E-state index in [1.165, 1.54) is 0 Å². The predicted molar refractivity (Wildman–Crippen MR) is 63.4 cm³/mol. The number of hydrogen-bond acceptors (Lipinski definition) is 2. The average Bonchev–Trinajstić information content (AvgIpc) is 2.10. The molecule has 0 bridgehead atoms. The van der Waals surface area contributed by atoms with Crippen LogP contribution in [0.2, 0.25) is 10.0 Å². The van der Waals surface area contributed by atoms with Gasteiger partial charge in [-0.15, -0.1) is 0 Å². The van der Waals surface area contributed by atoms with Crippen molar-refractivity contribution in [2.45, 2.75) is 25.8 Å². The molecular formula is C11H13Cl2NO. The Morgan fingerprint density at radius 3 is 2.73 bits per heavy atom. The summed E-state index contributed by atoms with van der Waals surface area (Å²) in [7, 11) is 0. The fourth-order valence-corrected chi connectivity index (χ4v) is 1.70. The normalized spacial score (nSPS) is 12.5. The number of benzene rings is 1. The Labute approximate surface area is 99.4 Å². The van der Waals surface area contributed by atoms with Crippen molar-refractivity contribution in [3.05, 3.63) is 33.8 Å².